The highest BCUT2D eigenvalue weighted by molar-refractivity contribution is 6.33. The Morgan fingerprint density at radius 1 is 1.12 bits per heavy atom. The third-order valence-corrected chi connectivity index (χ3v) is 3.72. The topological polar surface area (TPSA) is 107 Å². The number of carbonyl (C=O) groups excluding carboxylic acids is 1. The molecule has 0 radical (unpaired) electrons. The number of carbonyl (C=O) groups is 1. The van der Waals surface area contributed by atoms with Gasteiger partial charge in [-0.15, -0.1) is 5.10 Å². The van der Waals surface area contributed by atoms with Crippen molar-refractivity contribution in [3.05, 3.63) is 75.5 Å². The highest BCUT2D eigenvalue weighted by atomic mass is 35.5. The Hall–Kier alpha value is -3.32. The van der Waals surface area contributed by atoms with Gasteiger partial charge in [-0.3, -0.25) is 4.79 Å². The number of ether oxygens (including phenoxy) is 1. The summed E-state index contributed by atoms with van der Waals surface area (Å²) in [5, 5.41) is 13.4. The van der Waals surface area contributed by atoms with Crippen molar-refractivity contribution < 1.29 is 14.6 Å². The van der Waals surface area contributed by atoms with E-state index >= 15 is 0 Å². The average molecular weight is 358 g/mol. The number of nitrogen functional groups attached to an aromatic ring is 1. The summed E-state index contributed by atoms with van der Waals surface area (Å²) in [5.41, 5.74) is 5.19. The molecule has 0 amide bonds. The highest BCUT2D eigenvalue weighted by Gasteiger charge is 2.20. The Morgan fingerprint density at radius 3 is 2.44 bits per heavy atom. The molecule has 1 aromatic heterocycles. The maximum absolute atomic E-state index is 12.3. The molecule has 8 heteroatoms. The van der Waals surface area contributed by atoms with Gasteiger partial charge in [-0.25, -0.2) is 4.79 Å². The van der Waals surface area contributed by atoms with Crippen molar-refractivity contribution in [2.24, 2.45) is 0 Å². The standard InChI is InChI=1S/C17H12ClN3O4/c18-13-14(19)15(25-17(24)11-8-4-5-9-12(11)22)20-21(16(13)23)10-6-2-1-3-7-10/h1-9,22H,19H2. The van der Waals surface area contributed by atoms with Crippen LogP contribution in [0.3, 0.4) is 0 Å². The molecule has 0 unspecified atom stereocenters. The number of anilines is 1. The Balaban J connectivity index is 2.05. The largest absolute Gasteiger partial charge is 0.507 e. The van der Waals surface area contributed by atoms with Crippen molar-refractivity contribution in [2.45, 2.75) is 0 Å². The van der Waals surface area contributed by atoms with E-state index in [1.807, 2.05) is 0 Å². The number of phenolic OH excluding ortho intramolecular Hbond substituents is 1. The van der Waals surface area contributed by atoms with E-state index < -0.39 is 11.5 Å². The number of rotatable bonds is 3. The van der Waals surface area contributed by atoms with Gasteiger partial charge in [0.1, 0.15) is 22.0 Å². The van der Waals surface area contributed by atoms with E-state index in [1.165, 1.54) is 12.1 Å². The Bertz CT molecular complexity index is 1000. The summed E-state index contributed by atoms with van der Waals surface area (Å²) in [6.45, 7) is 0. The molecule has 3 rings (SSSR count). The van der Waals surface area contributed by atoms with Gasteiger partial charge in [0.2, 0.25) is 0 Å². The molecule has 0 aliphatic heterocycles. The van der Waals surface area contributed by atoms with Crippen LogP contribution >= 0.6 is 11.6 Å². The van der Waals surface area contributed by atoms with Gasteiger partial charge >= 0.3 is 5.97 Å². The number of nitrogens with two attached hydrogens (primary N) is 1. The normalized spacial score (nSPS) is 10.4. The van der Waals surface area contributed by atoms with Crippen molar-refractivity contribution in [3.8, 4) is 17.3 Å². The smallest absolute Gasteiger partial charge is 0.348 e. The fourth-order valence-corrected chi connectivity index (χ4v) is 2.26. The minimum Gasteiger partial charge on any atom is -0.507 e. The fraction of sp³-hybridized carbons (Fsp3) is 0. The third kappa shape index (κ3) is 3.17. The van der Waals surface area contributed by atoms with Gasteiger partial charge in [0, 0.05) is 0 Å². The summed E-state index contributed by atoms with van der Waals surface area (Å²) < 4.78 is 6.11. The summed E-state index contributed by atoms with van der Waals surface area (Å²) in [6, 6.07) is 14.3. The molecule has 0 fully saturated rings. The highest BCUT2D eigenvalue weighted by Crippen LogP contribution is 2.26. The number of esters is 1. The number of aromatic hydroxyl groups is 1. The molecule has 0 aliphatic carbocycles. The molecule has 1 heterocycles. The Labute approximate surface area is 146 Å². The van der Waals surface area contributed by atoms with Crippen LogP contribution < -0.4 is 16.0 Å². The minimum absolute atomic E-state index is 0.0720. The number of halogens is 1. The molecule has 3 N–H and O–H groups in total. The number of aromatic nitrogens is 2. The van der Waals surface area contributed by atoms with Crippen LogP contribution in [0.2, 0.25) is 5.02 Å². The van der Waals surface area contributed by atoms with Crippen LogP contribution in [0.1, 0.15) is 10.4 Å². The molecule has 126 valence electrons. The summed E-state index contributed by atoms with van der Waals surface area (Å²) in [4.78, 5) is 24.5. The van der Waals surface area contributed by atoms with Crippen molar-refractivity contribution >= 4 is 23.3 Å². The number of para-hydroxylation sites is 2. The van der Waals surface area contributed by atoms with E-state index in [2.05, 4.69) is 5.10 Å². The molecule has 3 aromatic rings. The van der Waals surface area contributed by atoms with Crippen molar-refractivity contribution in [1.82, 2.24) is 9.78 Å². The van der Waals surface area contributed by atoms with E-state index in [4.69, 9.17) is 22.1 Å². The number of hydrogen-bond acceptors (Lipinski definition) is 6. The number of phenols is 1. The maximum Gasteiger partial charge on any atom is 0.348 e. The van der Waals surface area contributed by atoms with Gasteiger partial charge in [-0.2, -0.15) is 4.68 Å². The third-order valence-electron chi connectivity index (χ3n) is 3.35. The van der Waals surface area contributed by atoms with E-state index in [0.717, 1.165) is 4.68 Å². The molecule has 2 aromatic carbocycles. The van der Waals surface area contributed by atoms with Gasteiger partial charge in [-0.05, 0) is 24.3 Å². The van der Waals surface area contributed by atoms with Crippen LogP contribution in [0.15, 0.2) is 59.4 Å². The lowest BCUT2D eigenvalue weighted by molar-refractivity contribution is 0.0723. The molecule has 25 heavy (non-hydrogen) atoms. The minimum atomic E-state index is -0.883. The molecular formula is C17H12ClN3O4. The zero-order valence-electron chi connectivity index (χ0n) is 12.7. The van der Waals surface area contributed by atoms with Crippen molar-refractivity contribution in [3.63, 3.8) is 0 Å². The van der Waals surface area contributed by atoms with Crippen LogP contribution in [-0.2, 0) is 0 Å². The molecular weight excluding hydrogens is 346 g/mol. The first-order chi connectivity index (χ1) is 12.0. The molecule has 0 saturated carbocycles. The lowest BCUT2D eigenvalue weighted by atomic mass is 10.2. The van der Waals surface area contributed by atoms with Crippen LogP contribution in [0.4, 0.5) is 5.69 Å². The second-order valence-corrected chi connectivity index (χ2v) is 5.37. The lowest BCUT2D eigenvalue weighted by Gasteiger charge is -2.11. The number of benzene rings is 2. The molecule has 0 bridgehead atoms. The van der Waals surface area contributed by atoms with Crippen LogP contribution in [0, 0.1) is 0 Å². The Morgan fingerprint density at radius 2 is 1.76 bits per heavy atom. The molecule has 0 saturated heterocycles. The number of nitrogens with zero attached hydrogens (tertiary/aromatic N) is 2. The second-order valence-electron chi connectivity index (χ2n) is 4.99. The van der Waals surface area contributed by atoms with Crippen LogP contribution in [0.5, 0.6) is 11.6 Å². The first kappa shape index (κ1) is 16.5. The van der Waals surface area contributed by atoms with E-state index in [9.17, 15) is 14.7 Å². The zero-order valence-corrected chi connectivity index (χ0v) is 13.5. The fourth-order valence-electron chi connectivity index (χ4n) is 2.10. The van der Waals surface area contributed by atoms with E-state index in [-0.39, 0.29) is 27.9 Å². The quantitative estimate of drug-likeness (QED) is 0.697. The lowest BCUT2D eigenvalue weighted by Crippen LogP contribution is -2.25. The van der Waals surface area contributed by atoms with Crippen molar-refractivity contribution in [1.29, 1.82) is 0 Å². The molecule has 0 spiro atoms. The van der Waals surface area contributed by atoms with Crippen LogP contribution in [0.25, 0.3) is 5.69 Å². The predicted molar refractivity (Wildman–Crippen MR) is 92.3 cm³/mol. The van der Waals surface area contributed by atoms with Crippen LogP contribution in [-0.4, -0.2) is 20.9 Å². The Kier molecular flexibility index (Phi) is 4.40. The average Bonchev–Trinajstić information content (AvgIpc) is 2.63. The summed E-state index contributed by atoms with van der Waals surface area (Å²) in [5.74, 6) is -1.47. The van der Waals surface area contributed by atoms with E-state index in [1.54, 1.807) is 42.5 Å². The monoisotopic (exact) mass is 357 g/mol. The first-order valence-electron chi connectivity index (χ1n) is 7.13. The molecule has 0 atom stereocenters. The van der Waals surface area contributed by atoms with E-state index in [0.29, 0.717) is 5.69 Å². The van der Waals surface area contributed by atoms with Gasteiger partial charge in [-0.1, -0.05) is 41.9 Å². The van der Waals surface area contributed by atoms with Crippen molar-refractivity contribution in [2.75, 3.05) is 5.73 Å². The summed E-state index contributed by atoms with van der Waals surface area (Å²) in [7, 11) is 0. The molecule has 0 aliphatic rings. The summed E-state index contributed by atoms with van der Waals surface area (Å²) >= 11 is 5.96. The predicted octanol–water partition coefficient (Wildman–Crippen LogP) is 2.39. The summed E-state index contributed by atoms with van der Waals surface area (Å²) in [6.07, 6.45) is 0. The second kappa shape index (κ2) is 6.66. The van der Waals surface area contributed by atoms with Gasteiger partial charge < -0.3 is 15.6 Å². The van der Waals surface area contributed by atoms with Gasteiger partial charge in [0.25, 0.3) is 11.4 Å². The van der Waals surface area contributed by atoms with Gasteiger partial charge in [0.15, 0.2) is 0 Å². The maximum atomic E-state index is 12.3. The first-order valence-corrected chi connectivity index (χ1v) is 7.50. The molecule has 7 nitrogen and oxygen atoms in total. The van der Waals surface area contributed by atoms with Gasteiger partial charge in [0.05, 0.1) is 5.69 Å². The number of hydrogen-bond donors (Lipinski definition) is 2. The zero-order chi connectivity index (χ0) is 18.0. The SMILES string of the molecule is Nc1c(OC(=O)c2ccccc2O)nn(-c2ccccc2)c(=O)c1Cl.